The monoisotopic (exact) mass is 208 g/mol. The normalized spacial score (nSPS) is 26.7. The van der Waals surface area contributed by atoms with E-state index in [1.807, 2.05) is 4.90 Å². The van der Waals surface area contributed by atoms with Gasteiger partial charge >= 0.3 is 0 Å². The number of nitrogens with zero attached hydrogens (tertiary/aromatic N) is 3. The highest BCUT2D eigenvalue weighted by molar-refractivity contribution is 5.92. The minimum atomic E-state index is -0.0107. The molecule has 5 heteroatoms. The van der Waals surface area contributed by atoms with Gasteiger partial charge < -0.3 is 4.90 Å². The predicted molar refractivity (Wildman–Crippen MR) is 55.3 cm³/mol. The van der Waals surface area contributed by atoms with Crippen molar-refractivity contribution in [2.45, 2.75) is 45.2 Å². The summed E-state index contributed by atoms with van der Waals surface area (Å²) >= 11 is 0. The van der Waals surface area contributed by atoms with Gasteiger partial charge in [-0.25, -0.2) is 0 Å². The first kappa shape index (κ1) is 10.1. The average molecular weight is 208 g/mol. The van der Waals surface area contributed by atoms with E-state index in [0.717, 1.165) is 12.8 Å². The molecule has 1 N–H and O–H groups in total. The summed E-state index contributed by atoms with van der Waals surface area (Å²) in [6, 6.07) is 0.607. The van der Waals surface area contributed by atoms with Crippen LogP contribution in [0.2, 0.25) is 0 Å². The summed E-state index contributed by atoms with van der Waals surface area (Å²) in [7, 11) is 0. The van der Waals surface area contributed by atoms with Crippen molar-refractivity contribution in [3.05, 3.63) is 11.9 Å². The number of hydrogen-bond acceptors (Lipinski definition) is 3. The summed E-state index contributed by atoms with van der Waals surface area (Å²) < 4.78 is 0. The highest BCUT2D eigenvalue weighted by atomic mass is 16.2. The Morgan fingerprint density at radius 1 is 1.47 bits per heavy atom. The standard InChI is InChI=1S/C10H16N4O/c1-7-4-3-5-8(2)14(7)10(15)9-6-11-13-12-9/h6-8H,3-5H2,1-2H3,(H,11,12,13). The molecular weight excluding hydrogens is 192 g/mol. The van der Waals surface area contributed by atoms with Crippen LogP contribution in [0.4, 0.5) is 0 Å². The van der Waals surface area contributed by atoms with Crippen LogP contribution in [0.25, 0.3) is 0 Å². The van der Waals surface area contributed by atoms with E-state index in [1.165, 1.54) is 12.6 Å². The third-order valence-electron chi connectivity index (χ3n) is 3.06. The van der Waals surface area contributed by atoms with Gasteiger partial charge in [0, 0.05) is 12.1 Å². The van der Waals surface area contributed by atoms with Crippen LogP contribution in [0, 0.1) is 0 Å². The highest BCUT2D eigenvalue weighted by Crippen LogP contribution is 2.23. The Bertz CT molecular complexity index is 325. The maximum absolute atomic E-state index is 12.1. The smallest absolute Gasteiger partial charge is 0.276 e. The maximum Gasteiger partial charge on any atom is 0.276 e. The fourth-order valence-electron chi connectivity index (χ4n) is 2.26. The first-order valence-electron chi connectivity index (χ1n) is 5.38. The Morgan fingerprint density at radius 3 is 2.67 bits per heavy atom. The number of likely N-dealkylation sites (tertiary alicyclic amines) is 1. The Balaban J connectivity index is 2.17. The van der Waals surface area contributed by atoms with Crippen LogP contribution < -0.4 is 0 Å². The molecule has 82 valence electrons. The number of aromatic amines is 1. The lowest BCUT2D eigenvalue weighted by Gasteiger charge is -2.38. The minimum absolute atomic E-state index is 0.0107. The lowest BCUT2D eigenvalue weighted by atomic mass is 9.97. The molecule has 5 nitrogen and oxygen atoms in total. The lowest BCUT2D eigenvalue weighted by molar-refractivity contribution is 0.0504. The minimum Gasteiger partial charge on any atom is -0.332 e. The quantitative estimate of drug-likeness (QED) is 0.754. The Hall–Kier alpha value is -1.39. The molecule has 0 bridgehead atoms. The van der Waals surface area contributed by atoms with Crippen LogP contribution >= 0.6 is 0 Å². The molecule has 0 aliphatic carbocycles. The molecule has 2 atom stereocenters. The van der Waals surface area contributed by atoms with Crippen LogP contribution in [-0.2, 0) is 0 Å². The SMILES string of the molecule is CC1CCCC(C)N1C(=O)c1cn[nH]n1. The molecule has 2 heterocycles. The molecule has 0 radical (unpaired) electrons. The van der Waals surface area contributed by atoms with Crippen LogP contribution in [0.1, 0.15) is 43.6 Å². The zero-order valence-electron chi connectivity index (χ0n) is 9.10. The maximum atomic E-state index is 12.1. The van der Waals surface area contributed by atoms with Crippen molar-refractivity contribution in [2.75, 3.05) is 0 Å². The summed E-state index contributed by atoms with van der Waals surface area (Å²) in [5.41, 5.74) is 0.413. The van der Waals surface area contributed by atoms with E-state index in [0.29, 0.717) is 17.8 Å². The molecule has 1 amide bonds. The number of aromatic nitrogens is 3. The molecule has 15 heavy (non-hydrogen) atoms. The van der Waals surface area contributed by atoms with E-state index < -0.39 is 0 Å². The summed E-state index contributed by atoms with van der Waals surface area (Å²) in [4.78, 5) is 14.0. The number of H-pyrrole nitrogens is 1. The number of piperidine rings is 1. The largest absolute Gasteiger partial charge is 0.332 e. The third kappa shape index (κ3) is 1.86. The molecular formula is C10H16N4O. The van der Waals surface area contributed by atoms with Crippen LogP contribution in [0.15, 0.2) is 6.20 Å². The first-order chi connectivity index (χ1) is 7.20. The molecule has 1 aromatic rings. The van der Waals surface area contributed by atoms with Crippen molar-refractivity contribution in [1.82, 2.24) is 20.3 Å². The van der Waals surface area contributed by atoms with Gasteiger partial charge in [0.25, 0.3) is 5.91 Å². The van der Waals surface area contributed by atoms with E-state index in [1.54, 1.807) is 0 Å². The summed E-state index contributed by atoms with van der Waals surface area (Å²) in [5, 5.41) is 9.97. The van der Waals surface area contributed by atoms with Crippen molar-refractivity contribution >= 4 is 5.91 Å². The van der Waals surface area contributed by atoms with Crippen molar-refractivity contribution in [3.8, 4) is 0 Å². The predicted octanol–water partition coefficient (Wildman–Crippen LogP) is 1.21. The third-order valence-corrected chi connectivity index (χ3v) is 3.06. The van der Waals surface area contributed by atoms with Crippen LogP contribution in [-0.4, -0.2) is 38.3 Å². The Labute approximate surface area is 88.9 Å². The Kier molecular flexibility index (Phi) is 2.70. The Morgan fingerprint density at radius 2 is 2.13 bits per heavy atom. The van der Waals surface area contributed by atoms with Gasteiger partial charge in [0.2, 0.25) is 0 Å². The molecule has 2 unspecified atom stereocenters. The van der Waals surface area contributed by atoms with Crippen LogP contribution in [0.3, 0.4) is 0 Å². The van der Waals surface area contributed by atoms with Crippen LogP contribution in [0.5, 0.6) is 0 Å². The zero-order chi connectivity index (χ0) is 10.8. The van der Waals surface area contributed by atoms with Gasteiger partial charge in [0.05, 0.1) is 6.20 Å². The molecule has 2 rings (SSSR count). The van der Waals surface area contributed by atoms with Gasteiger partial charge in [-0.2, -0.15) is 15.4 Å². The van der Waals surface area contributed by atoms with E-state index >= 15 is 0 Å². The molecule has 1 aliphatic heterocycles. The first-order valence-corrected chi connectivity index (χ1v) is 5.38. The topological polar surface area (TPSA) is 61.9 Å². The lowest BCUT2D eigenvalue weighted by Crippen LogP contribution is -2.47. The van der Waals surface area contributed by atoms with E-state index in [9.17, 15) is 4.79 Å². The van der Waals surface area contributed by atoms with Gasteiger partial charge in [0.15, 0.2) is 5.69 Å². The molecule has 1 aromatic heterocycles. The van der Waals surface area contributed by atoms with Gasteiger partial charge in [-0.1, -0.05) is 0 Å². The van der Waals surface area contributed by atoms with Crippen molar-refractivity contribution in [3.63, 3.8) is 0 Å². The number of nitrogens with one attached hydrogen (secondary N) is 1. The van der Waals surface area contributed by atoms with Gasteiger partial charge in [0.1, 0.15) is 0 Å². The van der Waals surface area contributed by atoms with E-state index in [2.05, 4.69) is 29.3 Å². The molecule has 0 spiro atoms. The summed E-state index contributed by atoms with van der Waals surface area (Å²) in [6.45, 7) is 4.18. The molecule has 0 aromatic carbocycles. The molecule has 1 fully saturated rings. The highest BCUT2D eigenvalue weighted by Gasteiger charge is 2.30. The number of carbonyl (C=O) groups is 1. The molecule has 0 saturated carbocycles. The van der Waals surface area contributed by atoms with Gasteiger partial charge in [-0.15, -0.1) is 0 Å². The molecule has 1 saturated heterocycles. The number of carbonyl (C=O) groups excluding carboxylic acids is 1. The zero-order valence-corrected chi connectivity index (χ0v) is 9.10. The number of hydrogen-bond donors (Lipinski definition) is 1. The fraction of sp³-hybridized carbons (Fsp3) is 0.700. The summed E-state index contributed by atoms with van der Waals surface area (Å²) in [6.07, 6.45) is 4.84. The summed E-state index contributed by atoms with van der Waals surface area (Å²) in [5.74, 6) is -0.0107. The second-order valence-electron chi connectivity index (χ2n) is 4.20. The van der Waals surface area contributed by atoms with E-state index in [4.69, 9.17) is 0 Å². The van der Waals surface area contributed by atoms with Gasteiger partial charge in [-0.05, 0) is 33.1 Å². The average Bonchev–Trinajstić information content (AvgIpc) is 2.69. The second kappa shape index (κ2) is 4.00. The van der Waals surface area contributed by atoms with Crippen molar-refractivity contribution in [1.29, 1.82) is 0 Å². The van der Waals surface area contributed by atoms with E-state index in [-0.39, 0.29) is 5.91 Å². The van der Waals surface area contributed by atoms with Gasteiger partial charge in [-0.3, -0.25) is 4.79 Å². The molecule has 1 aliphatic rings. The number of amides is 1. The second-order valence-corrected chi connectivity index (χ2v) is 4.20. The fourth-order valence-corrected chi connectivity index (χ4v) is 2.26. The number of rotatable bonds is 1. The van der Waals surface area contributed by atoms with Crippen molar-refractivity contribution < 1.29 is 4.79 Å². The van der Waals surface area contributed by atoms with Crippen molar-refractivity contribution in [2.24, 2.45) is 0 Å².